The lowest BCUT2D eigenvalue weighted by molar-refractivity contribution is 0.480. The minimum absolute atomic E-state index is 0.148. The molecular formula is C30H20ClF2N9O. The maximum Gasteiger partial charge on any atom is 0.249 e. The molecule has 0 unspecified atom stereocenters. The Kier molecular flexibility index (Phi) is 6.64. The van der Waals surface area contributed by atoms with E-state index in [0.29, 0.717) is 44.9 Å². The van der Waals surface area contributed by atoms with E-state index in [1.807, 2.05) is 35.1 Å². The number of oxazole rings is 1. The first-order valence-corrected chi connectivity index (χ1v) is 13.6. The van der Waals surface area contributed by atoms with Crippen LogP contribution in [0.2, 0.25) is 5.02 Å². The van der Waals surface area contributed by atoms with E-state index in [1.165, 1.54) is 12.5 Å². The molecule has 43 heavy (non-hydrogen) atoms. The number of benzene rings is 2. The Morgan fingerprint density at radius 3 is 2.72 bits per heavy atom. The van der Waals surface area contributed by atoms with Gasteiger partial charge in [-0.15, -0.1) is 5.10 Å². The number of rotatable bonds is 8. The van der Waals surface area contributed by atoms with Crippen LogP contribution in [0, 0.1) is 23.1 Å². The van der Waals surface area contributed by atoms with Gasteiger partial charge < -0.3 is 15.1 Å². The molecule has 0 bridgehead atoms. The van der Waals surface area contributed by atoms with Gasteiger partial charge >= 0.3 is 0 Å². The summed E-state index contributed by atoms with van der Waals surface area (Å²) in [5.41, 5.74) is 3.97. The van der Waals surface area contributed by atoms with Crippen LogP contribution in [0.1, 0.15) is 41.7 Å². The molecule has 1 aliphatic rings. The quantitative estimate of drug-likeness (QED) is 0.179. The van der Waals surface area contributed by atoms with Gasteiger partial charge in [0, 0.05) is 28.9 Å². The van der Waals surface area contributed by atoms with E-state index in [4.69, 9.17) is 16.0 Å². The van der Waals surface area contributed by atoms with Gasteiger partial charge in [-0.2, -0.15) is 9.65 Å². The largest absolute Gasteiger partial charge is 0.445 e. The van der Waals surface area contributed by atoms with Gasteiger partial charge in [0.1, 0.15) is 18.0 Å². The van der Waals surface area contributed by atoms with E-state index in [1.54, 1.807) is 18.3 Å². The summed E-state index contributed by atoms with van der Waals surface area (Å²) in [4.78, 5) is 12.1. The van der Waals surface area contributed by atoms with Crippen LogP contribution in [0.4, 0.5) is 25.8 Å². The molecule has 0 spiro atoms. The fourth-order valence-electron chi connectivity index (χ4n) is 4.85. The maximum absolute atomic E-state index is 13.9. The van der Waals surface area contributed by atoms with Gasteiger partial charge in [-0.05, 0) is 42.7 Å². The van der Waals surface area contributed by atoms with Gasteiger partial charge in [0.15, 0.2) is 5.82 Å². The number of nitrogens with zero attached hydrogens (tertiary/aromatic N) is 7. The summed E-state index contributed by atoms with van der Waals surface area (Å²) in [6.07, 6.45) is 9.63. The van der Waals surface area contributed by atoms with Gasteiger partial charge in [0.25, 0.3) is 0 Å². The van der Waals surface area contributed by atoms with E-state index in [0.717, 1.165) is 36.2 Å². The van der Waals surface area contributed by atoms with E-state index in [2.05, 4.69) is 42.0 Å². The molecule has 1 aliphatic carbocycles. The summed E-state index contributed by atoms with van der Waals surface area (Å²) in [5, 5.41) is 26.0. The summed E-state index contributed by atoms with van der Waals surface area (Å²) in [7, 11) is 0. The summed E-state index contributed by atoms with van der Waals surface area (Å²) in [5.74, 6) is -1.87. The van der Waals surface area contributed by atoms with Crippen molar-refractivity contribution in [2.75, 3.05) is 10.6 Å². The van der Waals surface area contributed by atoms with Gasteiger partial charge in [0.2, 0.25) is 11.8 Å². The summed E-state index contributed by atoms with van der Waals surface area (Å²) in [6.45, 7) is 0. The number of nitrogens with one attached hydrogen (secondary N) is 2. The molecule has 0 radical (unpaired) electrons. The molecule has 212 valence electrons. The van der Waals surface area contributed by atoms with Crippen LogP contribution in [0.15, 0.2) is 77.9 Å². The van der Waals surface area contributed by atoms with Crippen molar-refractivity contribution in [3.05, 3.63) is 107 Å². The van der Waals surface area contributed by atoms with Gasteiger partial charge in [-0.3, -0.25) is 4.98 Å². The molecular weight excluding hydrogens is 576 g/mol. The molecule has 1 fully saturated rings. The molecule has 2 aromatic carbocycles. The van der Waals surface area contributed by atoms with Crippen molar-refractivity contribution in [2.24, 2.45) is 0 Å². The zero-order valence-corrected chi connectivity index (χ0v) is 22.9. The second-order valence-electron chi connectivity index (χ2n) is 10.0. The van der Waals surface area contributed by atoms with Crippen LogP contribution < -0.4 is 10.6 Å². The van der Waals surface area contributed by atoms with Crippen LogP contribution in [0.25, 0.3) is 22.4 Å². The van der Waals surface area contributed by atoms with Crippen LogP contribution in [0.5, 0.6) is 0 Å². The average molecular weight is 596 g/mol. The zero-order valence-electron chi connectivity index (χ0n) is 22.2. The number of aromatic nitrogens is 6. The van der Waals surface area contributed by atoms with Crippen molar-refractivity contribution in [1.82, 2.24) is 29.9 Å². The van der Waals surface area contributed by atoms with E-state index < -0.39 is 17.8 Å². The van der Waals surface area contributed by atoms with E-state index >= 15 is 0 Å². The van der Waals surface area contributed by atoms with Gasteiger partial charge in [-0.25, -0.2) is 19.0 Å². The molecule has 6 aromatic rings. The van der Waals surface area contributed by atoms with Crippen molar-refractivity contribution < 1.29 is 13.2 Å². The fraction of sp³-hybridized carbons (Fsp3) is 0.133. The monoisotopic (exact) mass is 595 g/mol. The van der Waals surface area contributed by atoms with Crippen LogP contribution in [-0.2, 0) is 0 Å². The number of fused-ring (bicyclic) bond motifs is 1. The van der Waals surface area contributed by atoms with Crippen molar-refractivity contribution in [1.29, 1.82) is 5.26 Å². The number of nitriles is 1. The third kappa shape index (κ3) is 5.22. The van der Waals surface area contributed by atoms with E-state index in [9.17, 15) is 14.0 Å². The predicted octanol–water partition coefficient (Wildman–Crippen LogP) is 6.96. The molecule has 0 amide bonds. The number of halogens is 3. The highest BCUT2D eigenvalue weighted by Gasteiger charge is 2.27. The minimum Gasteiger partial charge on any atom is -0.445 e. The fourth-order valence-corrected chi connectivity index (χ4v) is 5.12. The second-order valence-corrected chi connectivity index (χ2v) is 10.4. The molecule has 10 nitrogen and oxygen atoms in total. The highest BCUT2D eigenvalue weighted by Crippen LogP contribution is 2.38. The number of hydrogen-bond acceptors (Lipinski definition) is 9. The molecule has 1 saturated carbocycles. The molecule has 0 aliphatic heterocycles. The zero-order chi connectivity index (χ0) is 29.5. The second kappa shape index (κ2) is 10.8. The van der Waals surface area contributed by atoms with Crippen molar-refractivity contribution in [3.8, 4) is 17.5 Å². The Bertz CT molecular complexity index is 2020. The predicted molar refractivity (Wildman–Crippen MR) is 155 cm³/mol. The first-order chi connectivity index (χ1) is 21.0. The smallest absolute Gasteiger partial charge is 0.249 e. The lowest BCUT2D eigenvalue weighted by atomic mass is 10.0. The maximum atomic E-state index is 13.9. The van der Waals surface area contributed by atoms with Crippen LogP contribution in [-0.4, -0.2) is 29.9 Å². The summed E-state index contributed by atoms with van der Waals surface area (Å²) in [6, 6.07) is 14.2. The Morgan fingerprint density at radius 2 is 1.95 bits per heavy atom. The Hall–Kier alpha value is -5.41. The molecule has 4 aromatic heterocycles. The molecule has 4 heterocycles. The summed E-state index contributed by atoms with van der Waals surface area (Å²) >= 11 is 6.71. The number of pyridine rings is 2. The van der Waals surface area contributed by atoms with Crippen molar-refractivity contribution in [3.63, 3.8) is 0 Å². The lowest BCUT2D eigenvalue weighted by Gasteiger charge is -2.20. The van der Waals surface area contributed by atoms with Crippen LogP contribution in [0.3, 0.4) is 0 Å². The van der Waals surface area contributed by atoms with Crippen molar-refractivity contribution >= 4 is 39.6 Å². The number of hydrogen-bond donors (Lipinski definition) is 2. The summed E-state index contributed by atoms with van der Waals surface area (Å²) < 4.78 is 34.8. The highest BCUT2D eigenvalue weighted by molar-refractivity contribution is 6.36. The van der Waals surface area contributed by atoms with Gasteiger partial charge in [0.05, 0.1) is 58.2 Å². The van der Waals surface area contributed by atoms with E-state index in [-0.39, 0.29) is 11.3 Å². The highest BCUT2D eigenvalue weighted by atomic mass is 35.5. The van der Waals surface area contributed by atoms with Crippen molar-refractivity contribution in [2.45, 2.75) is 24.9 Å². The Morgan fingerprint density at radius 1 is 1.07 bits per heavy atom. The van der Waals surface area contributed by atoms with Gasteiger partial charge in [-0.1, -0.05) is 28.9 Å². The third-order valence-electron chi connectivity index (χ3n) is 7.07. The molecule has 2 N–H and O–H groups in total. The molecule has 13 heteroatoms. The molecule has 1 atom stereocenters. The molecule has 7 rings (SSSR count). The average Bonchev–Trinajstić information content (AvgIpc) is 3.49. The molecule has 0 saturated heterocycles. The normalized spacial score (nSPS) is 13.5. The Labute approximate surface area is 248 Å². The number of anilines is 3. The standard InChI is InChI=1S/C30H20ClF2N9O/c31-23-10-19(9-22-26(18(12-34)13-36-28(22)23)39-20-11-24(32)29(33)37-14-20)38-27(25-15-42(41-40-25)21-4-5-21)16-2-1-3-17(8-16)30-35-6-7-43-30/h1-3,6-11,13-15,21,27,38H,4-5H2,(H,36,39)/t27-/m0/s1. The Balaban J connectivity index is 1.32. The first kappa shape index (κ1) is 26.5. The SMILES string of the molecule is N#Cc1cnc2c(Cl)cc(N[C@@H](c3cccc(-c4ncco4)c3)c3cn(C4CC4)nn3)cc2c1Nc1cnc(F)c(F)c1. The topological polar surface area (TPSA) is 130 Å². The third-order valence-corrected chi connectivity index (χ3v) is 7.35. The minimum atomic E-state index is -1.23. The first-order valence-electron chi connectivity index (χ1n) is 13.3. The lowest BCUT2D eigenvalue weighted by Crippen LogP contribution is -2.13. The van der Waals surface area contributed by atoms with Crippen LogP contribution >= 0.6 is 11.6 Å².